The lowest BCUT2D eigenvalue weighted by molar-refractivity contribution is 0.0679. The van der Waals surface area contributed by atoms with Crippen molar-refractivity contribution in [1.29, 1.82) is 0 Å². The molecule has 6 heteroatoms. The third kappa shape index (κ3) is 4.30. The van der Waals surface area contributed by atoms with Crippen molar-refractivity contribution in [3.63, 3.8) is 0 Å². The van der Waals surface area contributed by atoms with Gasteiger partial charge in [-0.05, 0) is 37.5 Å². The second-order valence-electron chi connectivity index (χ2n) is 5.54. The molecule has 0 radical (unpaired) electrons. The number of amides is 1. The van der Waals surface area contributed by atoms with E-state index in [0.29, 0.717) is 18.0 Å². The number of thiazole rings is 1. The smallest absolute Gasteiger partial charge is 0.263 e. The Balaban J connectivity index is 1.47. The first-order valence-corrected chi connectivity index (χ1v) is 8.62. The number of aromatic nitrogens is 1. The van der Waals surface area contributed by atoms with Crippen molar-refractivity contribution in [3.8, 4) is 5.75 Å². The van der Waals surface area contributed by atoms with Crippen LogP contribution in [-0.4, -0.2) is 30.2 Å². The van der Waals surface area contributed by atoms with Gasteiger partial charge in [0.2, 0.25) is 0 Å². The highest BCUT2D eigenvalue weighted by molar-refractivity contribution is 7.11. The standard InChI is InChI=1S/C17H20N2O3S/c1-12-16(23-11-19-12)17(20)18-9-13-4-6-14(7-5-13)22-10-15-3-2-8-21-15/h4-7,11,15H,2-3,8-10H2,1H3,(H,18,20)/t15-/m1/s1. The Morgan fingerprint density at radius 3 is 2.91 bits per heavy atom. The van der Waals surface area contributed by atoms with Crippen molar-refractivity contribution in [2.45, 2.75) is 32.4 Å². The van der Waals surface area contributed by atoms with Gasteiger partial charge in [-0.3, -0.25) is 4.79 Å². The third-order valence-corrected chi connectivity index (χ3v) is 4.72. The first-order chi connectivity index (χ1) is 11.2. The van der Waals surface area contributed by atoms with E-state index < -0.39 is 0 Å². The Bertz CT molecular complexity index is 648. The quantitative estimate of drug-likeness (QED) is 0.883. The van der Waals surface area contributed by atoms with Gasteiger partial charge in [-0.15, -0.1) is 11.3 Å². The summed E-state index contributed by atoms with van der Waals surface area (Å²) in [6.45, 7) is 3.76. The monoisotopic (exact) mass is 332 g/mol. The van der Waals surface area contributed by atoms with Crippen molar-refractivity contribution in [3.05, 3.63) is 45.9 Å². The predicted octanol–water partition coefficient (Wildman–Crippen LogP) is 2.94. The van der Waals surface area contributed by atoms with Gasteiger partial charge in [0.05, 0.1) is 17.3 Å². The highest BCUT2D eigenvalue weighted by Crippen LogP contribution is 2.17. The topological polar surface area (TPSA) is 60.5 Å². The number of ether oxygens (including phenoxy) is 2. The van der Waals surface area contributed by atoms with Gasteiger partial charge < -0.3 is 14.8 Å². The van der Waals surface area contributed by atoms with E-state index in [1.807, 2.05) is 31.2 Å². The molecule has 122 valence electrons. The summed E-state index contributed by atoms with van der Waals surface area (Å²) in [5, 5.41) is 2.91. The summed E-state index contributed by atoms with van der Waals surface area (Å²) in [4.78, 5) is 16.8. The van der Waals surface area contributed by atoms with Crippen LogP contribution in [0.2, 0.25) is 0 Å². The number of carbonyl (C=O) groups is 1. The molecule has 1 saturated heterocycles. The molecular formula is C17H20N2O3S. The summed E-state index contributed by atoms with van der Waals surface area (Å²) in [7, 11) is 0. The highest BCUT2D eigenvalue weighted by atomic mass is 32.1. The molecule has 1 amide bonds. The average molecular weight is 332 g/mol. The van der Waals surface area contributed by atoms with Gasteiger partial charge in [0.1, 0.15) is 17.2 Å². The number of hydrogen-bond donors (Lipinski definition) is 1. The number of benzene rings is 1. The number of rotatable bonds is 6. The predicted molar refractivity (Wildman–Crippen MR) is 88.9 cm³/mol. The maximum atomic E-state index is 12.0. The van der Waals surface area contributed by atoms with Gasteiger partial charge in [-0.2, -0.15) is 0 Å². The molecule has 0 spiro atoms. The van der Waals surface area contributed by atoms with Crippen LogP contribution in [0.1, 0.15) is 33.8 Å². The van der Waals surface area contributed by atoms with Crippen molar-refractivity contribution < 1.29 is 14.3 Å². The molecule has 0 unspecified atom stereocenters. The van der Waals surface area contributed by atoms with E-state index in [4.69, 9.17) is 9.47 Å². The van der Waals surface area contributed by atoms with Gasteiger partial charge in [0, 0.05) is 13.2 Å². The van der Waals surface area contributed by atoms with E-state index in [2.05, 4.69) is 10.3 Å². The average Bonchev–Trinajstić information content (AvgIpc) is 3.23. The summed E-state index contributed by atoms with van der Waals surface area (Å²) in [5.74, 6) is 0.748. The van der Waals surface area contributed by atoms with E-state index in [-0.39, 0.29) is 12.0 Å². The fraction of sp³-hybridized carbons (Fsp3) is 0.412. The molecule has 0 aliphatic carbocycles. The third-order valence-electron chi connectivity index (χ3n) is 3.79. The molecule has 5 nitrogen and oxygen atoms in total. The maximum absolute atomic E-state index is 12.0. The lowest BCUT2D eigenvalue weighted by atomic mass is 10.2. The zero-order chi connectivity index (χ0) is 16.1. The zero-order valence-corrected chi connectivity index (χ0v) is 13.9. The molecule has 1 aromatic carbocycles. The summed E-state index contributed by atoms with van der Waals surface area (Å²) >= 11 is 1.36. The normalized spacial score (nSPS) is 17.2. The van der Waals surface area contributed by atoms with Crippen LogP contribution < -0.4 is 10.1 Å². The molecule has 23 heavy (non-hydrogen) atoms. The van der Waals surface area contributed by atoms with Crippen molar-refractivity contribution in [2.24, 2.45) is 0 Å². The first-order valence-electron chi connectivity index (χ1n) is 7.74. The van der Waals surface area contributed by atoms with Crippen LogP contribution >= 0.6 is 11.3 Å². The number of carbonyl (C=O) groups excluding carboxylic acids is 1. The van der Waals surface area contributed by atoms with E-state index >= 15 is 0 Å². The molecule has 1 aliphatic heterocycles. The Kier molecular flexibility index (Phi) is 5.25. The molecule has 1 aliphatic rings. The summed E-state index contributed by atoms with van der Waals surface area (Å²) < 4.78 is 11.3. The minimum absolute atomic E-state index is 0.0799. The minimum atomic E-state index is -0.0799. The summed E-state index contributed by atoms with van der Waals surface area (Å²) in [6, 6.07) is 7.78. The SMILES string of the molecule is Cc1ncsc1C(=O)NCc1ccc(OC[C@H]2CCCO2)cc1. The second-order valence-corrected chi connectivity index (χ2v) is 6.39. The van der Waals surface area contributed by atoms with E-state index in [0.717, 1.165) is 36.5 Å². The van der Waals surface area contributed by atoms with E-state index in [1.165, 1.54) is 11.3 Å². The van der Waals surface area contributed by atoms with Crippen LogP contribution in [0.25, 0.3) is 0 Å². The first kappa shape index (κ1) is 16.0. The van der Waals surface area contributed by atoms with Crippen LogP contribution in [-0.2, 0) is 11.3 Å². The Morgan fingerprint density at radius 1 is 1.43 bits per heavy atom. The number of nitrogens with one attached hydrogen (secondary N) is 1. The van der Waals surface area contributed by atoms with Crippen molar-refractivity contribution >= 4 is 17.2 Å². The van der Waals surface area contributed by atoms with Crippen molar-refractivity contribution in [2.75, 3.05) is 13.2 Å². The van der Waals surface area contributed by atoms with E-state index in [9.17, 15) is 4.79 Å². The van der Waals surface area contributed by atoms with Crippen LogP contribution in [0, 0.1) is 6.92 Å². The Hall–Kier alpha value is -1.92. The van der Waals surface area contributed by atoms with Crippen LogP contribution in [0.4, 0.5) is 0 Å². The molecule has 1 N–H and O–H groups in total. The second kappa shape index (κ2) is 7.57. The maximum Gasteiger partial charge on any atom is 0.263 e. The molecule has 1 fully saturated rings. The molecule has 2 heterocycles. The van der Waals surface area contributed by atoms with Crippen LogP contribution in [0.5, 0.6) is 5.75 Å². The lowest BCUT2D eigenvalue weighted by Crippen LogP contribution is -2.22. The van der Waals surface area contributed by atoms with Gasteiger partial charge in [-0.25, -0.2) is 4.98 Å². The summed E-state index contributed by atoms with van der Waals surface area (Å²) in [5.41, 5.74) is 3.49. The lowest BCUT2D eigenvalue weighted by Gasteiger charge is -2.12. The van der Waals surface area contributed by atoms with Gasteiger partial charge in [-0.1, -0.05) is 12.1 Å². The van der Waals surface area contributed by atoms with Gasteiger partial charge >= 0.3 is 0 Å². The van der Waals surface area contributed by atoms with Gasteiger partial charge in [0.15, 0.2) is 0 Å². The fourth-order valence-corrected chi connectivity index (χ4v) is 3.17. The number of aryl methyl sites for hydroxylation is 1. The molecule has 2 aromatic rings. The van der Waals surface area contributed by atoms with Gasteiger partial charge in [0.25, 0.3) is 5.91 Å². The molecular weight excluding hydrogens is 312 g/mol. The fourth-order valence-electron chi connectivity index (χ4n) is 2.45. The number of hydrogen-bond acceptors (Lipinski definition) is 5. The van der Waals surface area contributed by atoms with Crippen LogP contribution in [0.3, 0.4) is 0 Å². The minimum Gasteiger partial charge on any atom is -0.491 e. The largest absolute Gasteiger partial charge is 0.491 e. The number of nitrogens with zero attached hydrogens (tertiary/aromatic N) is 1. The Labute approximate surface area is 139 Å². The molecule has 0 saturated carbocycles. The molecule has 1 aromatic heterocycles. The Morgan fingerprint density at radius 2 is 2.26 bits per heavy atom. The molecule has 3 rings (SSSR count). The molecule has 0 bridgehead atoms. The van der Waals surface area contributed by atoms with Crippen LogP contribution in [0.15, 0.2) is 29.8 Å². The van der Waals surface area contributed by atoms with E-state index in [1.54, 1.807) is 5.51 Å². The molecule has 1 atom stereocenters. The van der Waals surface area contributed by atoms with Crippen molar-refractivity contribution in [1.82, 2.24) is 10.3 Å². The zero-order valence-electron chi connectivity index (χ0n) is 13.1. The summed E-state index contributed by atoms with van der Waals surface area (Å²) in [6.07, 6.45) is 2.41. The highest BCUT2D eigenvalue weighted by Gasteiger charge is 2.16.